The molecule has 0 aromatic heterocycles. The van der Waals surface area contributed by atoms with Gasteiger partial charge in [-0.2, -0.15) is 26.3 Å². The van der Waals surface area contributed by atoms with Gasteiger partial charge in [-0.05, 0) is 147 Å². The van der Waals surface area contributed by atoms with Gasteiger partial charge in [0.2, 0.25) is 70.9 Å². The van der Waals surface area contributed by atoms with E-state index in [-0.39, 0.29) is 130 Å². The van der Waals surface area contributed by atoms with E-state index in [9.17, 15) is 45.5 Å². The molecule has 0 aromatic carbocycles. The Kier molecular flexibility index (Phi) is 30.9. The van der Waals surface area contributed by atoms with Crippen LogP contribution in [0, 0.1) is 35.5 Å². The maximum absolute atomic E-state index is 15.9. The maximum Gasteiger partial charge on any atom is 0.397 e. The van der Waals surface area contributed by atoms with Crippen LogP contribution in [-0.4, -0.2) is 301 Å². The summed E-state index contributed by atoms with van der Waals surface area (Å²) in [5, 5.41) is 8.41. The minimum Gasteiger partial charge on any atom is -0.378 e. The van der Waals surface area contributed by atoms with Crippen LogP contribution in [0.3, 0.4) is 0 Å². The van der Waals surface area contributed by atoms with E-state index >= 15 is 47.1 Å². The van der Waals surface area contributed by atoms with Crippen molar-refractivity contribution in [1.29, 1.82) is 0 Å². The van der Waals surface area contributed by atoms with Crippen molar-refractivity contribution in [3.05, 3.63) is 12.2 Å². The first-order valence-corrected chi connectivity index (χ1v) is 39.6. The van der Waals surface area contributed by atoms with Crippen molar-refractivity contribution in [1.82, 2.24) is 60.0 Å². The van der Waals surface area contributed by atoms with E-state index in [1.54, 1.807) is 46.8 Å². The number of carbonyl (C=O) groups is 12. The summed E-state index contributed by atoms with van der Waals surface area (Å²) in [5.74, 6) is -16.7. The summed E-state index contributed by atoms with van der Waals surface area (Å²) in [7, 11) is 6.66. The van der Waals surface area contributed by atoms with E-state index in [2.05, 4.69) is 16.0 Å². The molecule has 8 rings (SSSR count). The molecule has 3 N–H and O–H groups in total. The molecule has 2 unspecified atom stereocenters. The first-order chi connectivity index (χ1) is 51.9. The zero-order chi connectivity index (χ0) is 81.0. The zero-order valence-electron chi connectivity index (χ0n) is 65.4. The van der Waals surface area contributed by atoms with E-state index in [0.29, 0.717) is 38.5 Å². The number of rotatable bonds is 13. The quantitative estimate of drug-likeness (QED) is 0.144. The van der Waals surface area contributed by atoms with E-state index < -0.39 is 230 Å². The van der Waals surface area contributed by atoms with Crippen molar-refractivity contribution in [2.45, 2.75) is 261 Å². The molecule has 8 aliphatic rings. The van der Waals surface area contributed by atoms with Crippen molar-refractivity contribution in [2.75, 3.05) is 101 Å². The Hall–Kier alpha value is -7.26. The van der Waals surface area contributed by atoms with E-state index in [0.717, 1.165) is 24.5 Å². The fourth-order valence-corrected chi connectivity index (χ4v) is 17.7. The standard InChI is InChI=1S/C76H116F8N12O14/c1-11-45(5)63-71(106)89(7)44-61(99)91(9)55-23-16-15-19-32-95(70(55)105)57(39-46-24-27-49(28-25-46)75(79,80)81)68(103)88(6)43-59(97)85-53(29-26-47-37-51(77)62(52(78)38-47)76(82,83)84)67(102)96-42-50(110-14-4)40-56(96)66(101)87-74(30-20-31-74)73(108)92(10)64(48-21-17-18-22-48)72(107)94(13-3)58(69(104)93-33-35-109-36-34-93)41-60(98)90(8)54(12-2)65(100)86-63/h15-16,45-58,62-64H,11-14,17-44H2,1-10H3,(H,85,97)(H,86,100)(H,87,101)/b16-15-/t45-,46?,47?,49?,50+,51?,52?,53-,54-,55-,56-,57-,58-,62?,63-,64-/m0/s1. The molecule has 1 spiro atoms. The van der Waals surface area contributed by atoms with Crippen LogP contribution < -0.4 is 16.0 Å². The highest BCUT2D eigenvalue weighted by molar-refractivity contribution is 6.01. The molecular weight excluding hydrogens is 1460 g/mol. The van der Waals surface area contributed by atoms with Crippen molar-refractivity contribution in [2.24, 2.45) is 35.5 Å². The fourth-order valence-electron chi connectivity index (χ4n) is 17.7. The van der Waals surface area contributed by atoms with Crippen LogP contribution >= 0.6 is 0 Å². The van der Waals surface area contributed by atoms with Gasteiger partial charge in [-0.3, -0.25) is 57.5 Å². The number of halogens is 8. The maximum atomic E-state index is 15.9. The molecule has 26 nitrogen and oxygen atoms in total. The first kappa shape index (κ1) is 88.3. The third-order valence-corrected chi connectivity index (χ3v) is 24.7. The minimum atomic E-state index is -5.22. The molecule has 12 amide bonds. The van der Waals surface area contributed by atoms with Gasteiger partial charge in [-0.1, -0.05) is 52.2 Å². The lowest BCUT2D eigenvalue weighted by Gasteiger charge is -2.47. The van der Waals surface area contributed by atoms with Crippen LogP contribution in [0.25, 0.3) is 0 Å². The Labute approximate surface area is 639 Å². The molecule has 7 fully saturated rings. The number of amides is 12. The van der Waals surface area contributed by atoms with Gasteiger partial charge >= 0.3 is 12.4 Å². The highest BCUT2D eigenvalue weighted by Crippen LogP contribution is 2.46. The molecular formula is C76H116F8N12O14. The summed E-state index contributed by atoms with van der Waals surface area (Å²) in [6.07, 6.45) is -13.3. The second-order valence-electron chi connectivity index (χ2n) is 31.8. The largest absolute Gasteiger partial charge is 0.397 e. The number of alkyl halides is 8. The van der Waals surface area contributed by atoms with Gasteiger partial charge < -0.3 is 69.5 Å². The summed E-state index contributed by atoms with van der Waals surface area (Å²) in [4.78, 5) is 193. The van der Waals surface area contributed by atoms with Crippen molar-refractivity contribution in [3.8, 4) is 0 Å². The summed E-state index contributed by atoms with van der Waals surface area (Å²) < 4.78 is 127. The second-order valence-corrected chi connectivity index (χ2v) is 31.8. The number of nitrogens with zero attached hydrogens (tertiary/aromatic N) is 9. The Morgan fingerprint density at radius 1 is 0.645 bits per heavy atom. The molecule has 4 heterocycles. The first-order valence-electron chi connectivity index (χ1n) is 39.6. The molecule has 4 aliphatic carbocycles. The summed E-state index contributed by atoms with van der Waals surface area (Å²) in [5.41, 5.74) is -1.70. The third-order valence-electron chi connectivity index (χ3n) is 24.7. The zero-order valence-corrected chi connectivity index (χ0v) is 65.4. The molecule has 110 heavy (non-hydrogen) atoms. The average Bonchev–Trinajstić information content (AvgIpc) is 1.10. The molecule has 3 saturated heterocycles. The SMILES string of the molecule is CCO[C@@H]1C[C@H]2C(=O)NC3(CCC3)C(=O)N(C)[C@@H](C3CCCC3)C(=O)N(CC)[C@H](C(=O)N3CCOCC3)CC(=O)N(C)[C@@H](CC)C(=O)N[C@@H]([C@@H](C)CC)C(=O)N(C)CC(=O)N(C)[C@H]3C/C=C\CCN(C3=O)[C@@H](CC3CCC(C(F)(F)F)CC3)C(=O)N(C)CC(=O)N[C@@H](CCC3CC(F)C(C(F)(F)F)C(F)C3)C(=O)N2C1. The number of morpholine rings is 1. The summed E-state index contributed by atoms with van der Waals surface area (Å²) in [6, 6.07) is -11.4. The molecule has 0 radical (unpaired) electrons. The normalized spacial score (nSPS) is 32.4. The number of carbonyl (C=O) groups excluding carboxylic acids is 12. The lowest BCUT2D eigenvalue weighted by atomic mass is 9.74. The van der Waals surface area contributed by atoms with Crippen molar-refractivity contribution < 1.29 is 102 Å². The van der Waals surface area contributed by atoms with Gasteiger partial charge in [-0.15, -0.1) is 0 Å². The van der Waals surface area contributed by atoms with E-state index in [1.807, 2.05) is 0 Å². The van der Waals surface area contributed by atoms with Crippen LogP contribution in [0.2, 0.25) is 0 Å². The summed E-state index contributed by atoms with van der Waals surface area (Å²) in [6.45, 7) is 6.87. The number of hydrogen-bond donors (Lipinski definition) is 3. The number of ether oxygens (including phenoxy) is 2. The van der Waals surface area contributed by atoms with Crippen LogP contribution in [0.5, 0.6) is 0 Å². The number of fused-ring (bicyclic) bond motifs is 3. The molecule has 0 aromatic rings. The van der Waals surface area contributed by atoms with Gasteiger partial charge in [0.25, 0.3) is 0 Å². The number of nitrogens with one attached hydrogen (secondary N) is 3. The van der Waals surface area contributed by atoms with Gasteiger partial charge in [0.1, 0.15) is 72.1 Å². The van der Waals surface area contributed by atoms with Crippen LogP contribution in [0.15, 0.2) is 12.2 Å². The van der Waals surface area contributed by atoms with Gasteiger partial charge in [0.15, 0.2) is 0 Å². The highest BCUT2D eigenvalue weighted by Gasteiger charge is 2.56. The van der Waals surface area contributed by atoms with E-state index in [1.165, 1.54) is 54.8 Å². The van der Waals surface area contributed by atoms with Crippen molar-refractivity contribution >= 4 is 70.9 Å². The molecule has 12 atom stereocenters. The lowest BCUT2D eigenvalue weighted by molar-refractivity contribution is -0.219. The molecule has 34 heteroatoms. The minimum absolute atomic E-state index is 0.00518. The Balaban J connectivity index is 1.21. The van der Waals surface area contributed by atoms with E-state index in [4.69, 9.17) is 9.47 Å². The summed E-state index contributed by atoms with van der Waals surface area (Å²) >= 11 is 0. The van der Waals surface area contributed by atoms with Crippen LogP contribution in [0.1, 0.15) is 176 Å². The highest BCUT2D eigenvalue weighted by atomic mass is 19.4. The monoisotopic (exact) mass is 1570 g/mol. The molecule has 2 bridgehead atoms. The smallest absolute Gasteiger partial charge is 0.378 e. The molecule has 4 aliphatic heterocycles. The average molecular weight is 1570 g/mol. The third kappa shape index (κ3) is 20.9. The van der Waals surface area contributed by atoms with Gasteiger partial charge in [-0.25, -0.2) is 8.78 Å². The Morgan fingerprint density at radius 3 is 1.85 bits per heavy atom. The topological polar surface area (TPSA) is 289 Å². The van der Waals surface area contributed by atoms with Crippen LogP contribution in [0.4, 0.5) is 35.1 Å². The predicted octanol–water partition coefficient (Wildman–Crippen LogP) is 5.88. The number of likely N-dealkylation sites (N-methyl/N-ethyl adjacent to an activating group) is 6. The Morgan fingerprint density at radius 2 is 1.28 bits per heavy atom. The molecule has 4 saturated carbocycles. The van der Waals surface area contributed by atoms with Gasteiger partial charge in [0, 0.05) is 81.0 Å². The Bertz CT molecular complexity index is 3280. The van der Waals surface area contributed by atoms with Crippen molar-refractivity contribution in [3.63, 3.8) is 0 Å². The fraction of sp³-hybridized carbons (Fsp3) is 0.816. The lowest BCUT2D eigenvalue weighted by Crippen LogP contribution is -2.68. The van der Waals surface area contributed by atoms with Gasteiger partial charge in [0.05, 0.1) is 44.7 Å². The predicted molar refractivity (Wildman–Crippen MR) is 385 cm³/mol. The molecule has 620 valence electrons. The van der Waals surface area contributed by atoms with Crippen LogP contribution in [-0.2, 0) is 67.0 Å². The number of hydrogen-bond acceptors (Lipinski definition) is 14. The second kappa shape index (κ2) is 38.5.